The van der Waals surface area contributed by atoms with E-state index in [1.807, 2.05) is 12.1 Å². The first-order valence-corrected chi connectivity index (χ1v) is 10.8. The highest BCUT2D eigenvalue weighted by Gasteiger charge is 2.31. The average Bonchev–Trinajstić information content (AvgIpc) is 3.37. The van der Waals surface area contributed by atoms with Crippen LogP contribution in [0.2, 0.25) is 0 Å². The summed E-state index contributed by atoms with van der Waals surface area (Å²) in [5.74, 6) is -0.191. The highest BCUT2D eigenvalue weighted by molar-refractivity contribution is 5.95. The van der Waals surface area contributed by atoms with Crippen LogP contribution in [0.25, 0.3) is 0 Å². The third-order valence-corrected chi connectivity index (χ3v) is 5.80. The van der Waals surface area contributed by atoms with Gasteiger partial charge < -0.3 is 25.0 Å². The summed E-state index contributed by atoms with van der Waals surface area (Å²) >= 11 is 0. The summed E-state index contributed by atoms with van der Waals surface area (Å²) < 4.78 is 11.3. The zero-order chi connectivity index (χ0) is 22.5. The maximum absolute atomic E-state index is 13.0. The van der Waals surface area contributed by atoms with Crippen LogP contribution in [0.5, 0.6) is 5.75 Å². The molecule has 0 spiro atoms. The Hall–Kier alpha value is -3.39. The maximum Gasteiger partial charge on any atom is 0.253 e. The van der Waals surface area contributed by atoms with Gasteiger partial charge in [-0.15, -0.1) is 0 Å². The van der Waals surface area contributed by atoms with Crippen molar-refractivity contribution in [3.05, 3.63) is 65.2 Å². The highest BCUT2D eigenvalue weighted by atomic mass is 16.5. The van der Waals surface area contributed by atoms with Gasteiger partial charge in [0.25, 0.3) is 17.7 Å². The first-order chi connectivity index (χ1) is 15.5. The third-order valence-electron chi connectivity index (χ3n) is 5.80. The SMILES string of the molecule is NC(=O)c1ccccc1OCc1cccc(C(=O)N2CCN(C(=O)C3CCCO3)CC2)c1. The topological polar surface area (TPSA) is 102 Å². The number of amides is 3. The molecule has 3 amide bonds. The normalized spacial score (nSPS) is 18.4. The number of hydrogen-bond acceptors (Lipinski definition) is 5. The summed E-state index contributed by atoms with van der Waals surface area (Å²) in [5, 5.41) is 0. The van der Waals surface area contributed by atoms with Crippen LogP contribution in [0.4, 0.5) is 0 Å². The zero-order valence-electron chi connectivity index (χ0n) is 17.9. The van der Waals surface area contributed by atoms with Crippen LogP contribution in [0.1, 0.15) is 39.1 Å². The van der Waals surface area contributed by atoms with Gasteiger partial charge in [0.05, 0.1) is 5.56 Å². The molecule has 8 nitrogen and oxygen atoms in total. The van der Waals surface area contributed by atoms with E-state index in [1.165, 1.54) is 0 Å². The summed E-state index contributed by atoms with van der Waals surface area (Å²) in [6.07, 6.45) is 1.37. The minimum Gasteiger partial charge on any atom is -0.488 e. The number of ether oxygens (including phenoxy) is 2. The van der Waals surface area contributed by atoms with E-state index in [0.717, 1.165) is 18.4 Å². The highest BCUT2D eigenvalue weighted by Crippen LogP contribution is 2.20. The Balaban J connectivity index is 1.35. The second-order valence-corrected chi connectivity index (χ2v) is 7.97. The summed E-state index contributed by atoms with van der Waals surface area (Å²) in [6.45, 7) is 2.85. The maximum atomic E-state index is 13.0. The predicted molar refractivity (Wildman–Crippen MR) is 117 cm³/mol. The van der Waals surface area contributed by atoms with E-state index >= 15 is 0 Å². The van der Waals surface area contributed by atoms with Crippen LogP contribution in [0.3, 0.4) is 0 Å². The summed E-state index contributed by atoms with van der Waals surface area (Å²) in [4.78, 5) is 40.6. The Morgan fingerprint density at radius 1 is 1.00 bits per heavy atom. The van der Waals surface area contributed by atoms with Gasteiger partial charge in [0.1, 0.15) is 18.5 Å². The summed E-state index contributed by atoms with van der Waals surface area (Å²) in [6, 6.07) is 14.0. The molecule has 2 aromatic carbocycles. The molecule has 0 radical (unpaired) electrons. The molecule has 0 saturated carbocycles. The van der Waals surface area contributed by atoms with Crippen molar-refractivity contribution in [2.24, 2.45) is 5.73 Å². The minimum atomic E-state index is -0.554. The number of nitrogens with two attached hydrogens (primary N) is 1. The second kappa shape index (κ2) is 9.82. The number of piperazine rings is 1. The molecule has 2 aromatic rings. The number of carbonyl (C=O) groups is 3. The van der Waals surface area contributed by atoms with Crippen molar-refractivity contribution in [1.82, 2.24) is 9.80 Å². The van der Waals surface area contributed by atoms with Gasteiger partial charge in [-0.1, -0.05) is 24.3 Å². The van der Waals surface area contributed by atoms with Crippen molar-refractivity contribution >= 4 is 17.7 Å². The van der Waals surface area contributed by atoms with Crippen molar-refractivity contribution in [3.63, 3.8) is 0 Å². The van der Waals surface area contributed by atoms with Gasteiger partial charge in [0.15, 0.2) is 0 Å². The average molecular weight is 437 g/mol. The van der Waals surface area contributed by atoms with Gasteiger partial charge in [0.2, 0.25) is 0 Å². The fraction of sp³-hybridized carbons (Fsp3) is 0.375. The lowest BCUT2D eigenvalue weighted by Crippen LogP contribution is -2.52. The monoisotopic (exact) mass is 437 g/mol. The van der Waals surface area contributed by atoms with E-state index in [9.17, 15) is 14.4 Å². The van der Waals surface area contributed by atoms with Crippen LogP contribution < -0.4 is 10.5 Å². The molecular formula is C24H27N3O5. The molecule has 2 aliphatic rings. The van der Waals surface area contributed by atoms with E-state index in [4.69, 9.17) is 15.2 Å². The molecule has 168 valence electrons. The second-order valence-electron chi connectivity index (χ2n) is 7.97. The number of rotatable bonds is 6. The van der Waals surface area contributed by atoms with Gasteiger partial charge in [0, 0.05) is 38.3 Å². The Morgan fingerprint density at radius 3 is 2.47 bits per heavy atom. The van der Waals surface area contributed by atoms with E-state index < -0.39 is 5.91 Å². The van der Waals surface area contributed by atoms with E-state index in [1.54, 1.807) is 46.2 Å². The van der Waals surface area contributed by atoms with Crippen molar-refractivity contribution in [2.45, 2.75) is 25.6 Å². The lowest BCUT2D eigenvalue weighted by Gasteiger charge is -2.35. The molecule has 8 heteroatoms. The smallest absolute Gasteiger partial charge is 0.253 e. The Kier molecular flexibility index (Phi) is 6.70. The van der Waals surface area contributed by atoms with E-state index in [0.29, 0.717) is 49.7 Å². The Morgan fingerprint density at radius 2 is 1.75 bits per heavy atom. The van der Waals surface area contributed by atoms with Crippen molar-refractivity contribution in [2.75, 3.05) is 32.8 Å². The predicted octanol–water partition coefficient (Wildman–Crippen LogP) is 1.83. The Bertz CT molecular complexity index is 995. The molecule has 32 heavy (non-hydrogen) atoms. The molecule has 2 heterocycles. The van der Waals surface area contributed by atoms with Gasteiger partial charge >= 0.3 is 0 Å². The fourth-order valence-corrected chi connectivity index (χ4v) is 4.04. The molecule has 4 rings (SSSR count). The molecular weight excluding hydrogens is 410 g/mol. The fourth-order valence-electron chi connectivity index (χ4n) is 4.04. The van der Waals surface area contributed by atoms with Crippen LogP contribution in [0.15, 0.2) is 48.5 Å². The molecule has 0 bridgehead atoms. The standard InChI is InChI=1S/C24H27N3O5/c25-22(28)19-7-1-2-8-20(19)32-16-17-5-3-6-18(15-17)23(29)26-10-12-27(13-11-26)24(30)21-9-4-14-31-21/h1-3,5-8,15,21H,4,9-14,16H2,(H2,25,28). The van der Waals surface area contributed by atoms with Crippen molar-refractivity contribution in [1.29, 1.82) is 0 Å². The van der Waals surface area contributed by atoms with E-state index in [-0.39, 0.29) is 24.5 Å². The molecule has 2 saturated heterocycles. The first kappa shape index (κ1) is 21.8. The number of carbonyl (C=O) groups excluding carboxylic acids is 3. The van der Waals surface area contributed by atoms with Crippen molar-refractivity contribution < 1.29 is 23.9 Å². The molecule has 2 aliphatic heterocycles. The molecule has 2 N–H and O–H groups in total. The number of benzene rings is 2. The molecule has 1 atom stereocenters. The molecule has 0 aromatic heterocycles. The molecule has 1 unspecified atom stereocenters. The summed E-state index contributed by atoms with van der Waals surface area (Å²) in [7, 11) is 0. The lowest BCUT2D eigenvalue weighted by atomic mass is 10.1. The van der Waals surface area contributed by atoms with Gasteiger partial charge in [-0.25, -0.2) is 0 Å². The number of para-hydroxylation sites is 1. The zero-order valence-corrected chi connectivity index (χ0v) is 17.9. The number of primary amides is 1. The van der Waals surface area contributed by atoms with Gasteiger partial charge in [-0.05, 0) is 42.7 Å². The number of nitrogens with zero attached hydrogens (tertiary/aromatic N) is 2. The van der Waals surface area contributed by atoms with Gasteiger partial charge in [-0.3, -0.25) is 14.4 Å². The molecule has 0 aliphatic carbocycles. The number of hydrogen-bond donors (Lipinski definition) is 1. The molecule has 2 fully saturated rings. The third kappa shape index (κ3) is 4.91. The van der Waals surface area contributed by atoms with Crippen LogP contribution >= 0.6 is 0 Å². The quantitative estimate of drug-likeness (QED) is 0.743. The van der Waals surface area contributed by atoms with Crippen molar-refractivity contribution in [3.8, 4) is 5.75 Å². The van der Waals surface area contributed by atoms with Gasteiger partial charge in [-0.2, -0.15) is 0 Å². The first-order valence-electron chi connectivity index (χ1n) is 10.8. The minimum absolute atomic E-state index is 0.0324. The Labute approximate surface area is 186 Å². The lowest BCUT2D eigenvalue weighted by molar-refractivity contribution is -0.142. The summed E-state index contributed by atoms with van der Waals surface area (Å²) in [5.41, 5.74) is 7.08. The van der Waals surface area contributed by atoms with Crippen LogP contribution in [-0.2, 0) is 16.1 Å². The van der Waals surface area contributed by atoms with E-state index in [2.05, 4.69) is 0 Å². The van der Waals surface area contributed by atoms with Crippen LogP contribution in [0, 0.1) is 0 Å². The van der Waals surface area contributed by atoms with Crippen LogP contribution in [-0.4, -0.2) is 66.4 Å². The largest absolute Gasteiger partial charge is 0.488 e.